The minimum Gasteiger partial charge on any atom is -0.348 e. The van der Waals surface area contributed by atoms with Crippen LogP contribution < -0.4 is 5.32 Å². The molecule has 2 aromatic carbocycles. The van der Waals surface area contributed by atoms with Gasteiger partial charge in [0.05, 0.1) is 0 Å². The summed E-state index contributed by atoms with van der Waals surface area (Å²) in [7, 11) is 0. The second-order valence-corrected chi connectivity index (χ2v) is 6.04. The van der Waals surface area contributed by atoms with Gasteiger partial charge in [0.25, 0.3) is 5.91 Å². The Kier molecular flexibility index (Phi) is 3.91. The number of hydrogen-bond donors (Lipinski definition) is 1. The van der Waals surface area contributed by atoms with Crippen molar-refractivity contribution in [2.24, 2.45) is 0 Å². The second kappa shape index (κ2) is 6.15. The Morgan fingerprint density at radius 1 is 0.889 bits per heavy atom. The summed E-state index contributed by atoms with van der Waals surface area (Å²) in [5, 5.41) is 2.70. The van der Waals surface area contributed by atoms with Gasteiger partial charge in [0.15, 0.2) is 0 Å². The number of hydrogen-bond acceptors (Lipinski definition) is 3. The first-order valence-electron chi connectivity index (χ1n) is 7.93. The Balaban J connectivity index is 1.89. The Bertz CT molecular complexity index is 1030. The highest BCUT2D eigenvalue weighted by atomic mass is 19.4. The lowest BCUT2D eigenvalue weighted by Crippen LogP contribution is -2.12. The minimum atomic E-state index is -4.63. The lowest BCUT2D eigenvalue weighted by molar-refractivity contribution is -0.144. The number of rotatable bonds is 2. The number of amides is 1. The zero-order chi connectivity index (χ0) is 19.2. The van der Waals surface area contributed by atoms with Crippen molar-refractivity contribution in [3.8, 4) is 22.3 Å². The summed E-state index contributed by atoms with van der Waals surface area (Å²) in [5.74, 6) is -1.88. The predicted molar refractivity (Wildman–Crippen MR) is 89.0 cm³/mol. The summed E-state index contributed by atoms with van der Waals surface area (Å²) < 4.78 is 51.4. The number of carbonyl (C=O) groups is 1. The summed E-state index contributed by atoms with van der Waals surface area (Å²) >= 11 is 0. The van der Waals surface area contributed by atoms with Gasteiger partial charge in [-0.05, 0) is 46.5 Å². The molecule has 4 rings (SSSR count). The number of nitrogens with zero attached hydrogens (tertiary/aromatic N) is 2. The van der Waals surface area contributed by atoms with E-state index in [0.29, 0.717) is 34.4 Å². The van der Waals surface area contributed by atoms with Crippen molar-refractivity contribution < 1.29 is 22.4 Å². The van der Waals surface area contributed by atoms with Crippen LogP contribution in [0.1, 0.15) is 21.7 Å². The van der Waals surface area contributed by atoms with E-state index < -0.39 is 17.8 Å². The molecule has 0 saturated carbocycles. The van der Waals surface area contributed by atoms with Gasteiger partial charge in [0, 0.05) is 30.1 Å². The highest BCUT2D eigenvalue weighted by Crippen LogP contribution is 2.36. The third kappa shape index (κ3) is 3.14. The number of nitrogens with one attached hydrogen (secondary N) is 1. The van der Waals surface area contributed by atoms with Gasteiger partial charge in [-0.15, -0.1) is 0 Å². The molecule has 2 heterocycles. The summed E-state index contributed by atoms with van der Waals surface area (Å²) in [6.07, 6.45) is -2.45. The maximum Gasteiger partial charge on any atom is 0.451 e. The molecule has 1 aliphatic heterocycles. The summed E-state index contributed by atoms with van der Waals surface area (Å²) in [6.45, 7) is 0.326. The molecular formula is C19H11F4N3O. The van der Waals surface area contributed by atoms with Gasteiger partial charge in [-0.3, -0.25) is 4.79 Å². The standard InChI is InChI=1S/C19H11F4N3O/c20-13-3-1-10(2-4-13)15-6-16-11(7-24-17(16)27)5-14(15)12-8-25-18(26-9-12)19(21,22)23/h1-6,8-9H,7H2,(H,24,27). The zero-order valence-electron chi connectivity index (χ0n) is 13.6. The Labute approximate surface area is 150 Å². The molecule has 136 valence electrons. The van der Waals surface area contributed by atoms with Gasteiger partial charge in [0.2, 0.25) is 5.82 Å². The number of halogens is 4. The normalized spacial score (nSPS) is 13.4. The lowest BCUT2D eigenvalue weighted by atomic mass is 9.92. The van der Waals surface area contributed by atoms with Crippen LogP contribution in [-0.4, -0.2) is 15.9 Å². The fourth-order valence-corrected chi connectivity index (χ4v) is 2.99. The highest BCUT2D eigenvalue weighted by Gasteiger charge is 2.34. The Hall–Kier alpha value is -3.29. The molecule has 1 N–H and O–H groups in total. The first-order chi connectivity index (χ1) is 12.8. The van der Waals surface area contributed by atoms with Gasteiger partial charge < -0.3 is 5.32 Å². The molecule has 0 fully saturated rings. The molecule has 1 amide bonds. The average molecular weight is 373 g/mol. The van der Waals surface area contributed by atoms with E-state index in [2.05, 4.69) is 15.3 Å². The van der Waals surface area contributed by atoms with Crippen LogP contribution in [0.15, 0.2) is 48.8 Å². The molecule has 0 atom stereocenters. The van der Waals surface area contributed by atoms with E-state index in [-0.39, 0.29) is 5.91 Å². The van der Waals surface area contributed by atoms with Gasteiger partial charge in [-0.25, -0.2) is 14.4 Å². The molecular weight excluding hydrogens is 362 g/mol. The van der Waals surface area contributed by atoms with Crippen LogP contribution in [0.3, 0.4) is 0 Å². The van der Waals surface area contributed by atoms with Crippen molar-refractivity contribution in [1.29, 1.82) is 0 Å². The zero-order valence-corrected chi connectivity index (χ0v) is 13.6. The molecule has 1 aromatic heterocycles. The first kappa shape index (κ1) is 17.1. The molecule has 8 heteroatoms. The van der Waals surface area contributed by atoms with E-state index in [1.54, 1.807) is 24.3 Å². The maximum absolute atomic E-state index is 13.3. The molecule has 0 spiro atoms. The SMILES string of the molecule is O=C1NCc2cc(-c3cnc(C(F)(F)F)nc3)c(-c3ccc(F)cc3)cc21. The monoisotopic (exact) mass is 373 g/mol. The fourth-order valence-electron chi connectivity index (χ4n) is 2.99. The van der Waals surface area contributed by atoms with Crippen LogP contribution in [0, 0.1) is 5.82 Å². The van der Waals surface area contributed by atoms with Crippen molar-refractivity contribution in [2.75, 3.05) is 0 Å². The maximum atomic E-state index is 13.3. The van der Waals surface area contributed by atoms with Crippen molar-refractivity contribution in [2.45, 2.75) is 12.7 Å². The number of fused-ring (bicyclic) bond motifs is 1. The van der Waals surface area contributed by atoms with Crippen LogP contribution in [0.2, 0.25) is 0 Å². The van der Waals surface area contributed by atoms with Gasteiger partial charge in [-0.2, -0.15) is 13.2 Å². The van der Waals surface area contributed by atoms with E-state index in [0.717, 1.165) is 18.0 Å². The summed E-state index contributed by atoms with van der Waals surface area (Å²) in [4.78, 5) is 18.8. The van der Waals surface area contributed by atoms with E-state index >= 15 is 0 Å². The number of carbonyl (C=O) groups excluding carboxylic acids is 1. The fraction of sp³-hybridized carbons (Fsp3) is 0.105. The van der Waals surface area contributed by atoms with Crippen LogP contribution in [0.5, 0.6) is 0 Å². The molecule has 0 bridgehead atoms. The van der Waals surface area contributed by atoms with E-state index in [9.17, 15) is 22.4 Å². The van der Waals surface area contributed by atoms with Crippen LogP contribution in [0.25, 0.3) is 22.3 Å². The number of alkyl halides is 3. The summed E-state index contributed by atoms with van der Waals surface area (Å²) in [5.41, 5.74) is 3.32. The summed E-state index contributed by atoms with van der Waals surface area (Å²) in [6, 6.07) is 9.00. The molecule has 0 unspecified atom stereocenters. The smallest absolute Gasteiger partial charge is 0.348 e. The number of aromatic nitrogens is 2. The van der Waals surface area contributed by atoms with Gasteiger partial charge in [-0.1, -0.05) is 12.1 Å². The largest absolute Gasteiger partial charge is 0.451 e. The van der Waals surface area contributed by atoms with E-state index in [4.69, 9.17) is 0 Å². The molecule has 0 aliphatic carbocycles. The van der Waals surface area contributed by atoms with Crippen LogP contribution >= 0.6 is 0 Å². The third-order valence-electron chi connectivity index (χ3n) is 4.30. The molecule has 4 nitrogen and oxygen atoms in total. The molecule has 0 saturated heterocycles. The van der Waals surface area contributed by atoms with Crippen molar-refractivity contribution in [3.63, 3.8) is 0 Å². The second-order valence-electron chi connectivity index (χ2n) is 6.04. The van der Waals surface area contributed by atoms with Crippen molar-refractivity contribution in [3.05, 3.63) is 71.6 Å². The molecule has 1 aliphatic rings. The minimum absolute atomic E-state index is 0.233. The van der Waals surface area contributed by atoms with E-state index in [1.165, 1.54) is 12.1 Å². The predicted octanol–water partition coefficient (Wildman–Crippen LogP) is 4.21. The van der Waals surface area contributed by atoms with Gasteiger partial charge >= 0.3 is 6.18 Å². The van der Waals surface area contributed by atoms with Crippen LogP contribution in [-0.2, 0) is 12.7 Å². The van der Waals surface area contributed by atoms with Crippen molar-refractivity contribution in [1.82, 2.24) is 15.3 Å². The van der Waals surface area contributed by atoms with Crippen LogP contribution in [0.4, 0.5) is 17.6 Å². The average Bonchev–Trinajstić information content (AvgIpc) is 3.01. The quantitative estimate of drug-likeness (QED) is 0.685. The molecule has 27 heavy (non-hydrogen) atoms. The van der Waals surface area contributed by atoms with Gasteiger partial charge in [0.1, 0.15) is 5.82 Å². The third-order valence-corrected chi connectivity index (χ3v) is 4.30. The molecule has 3 aromatic rings. The lowest BCUT2D eigenvalue weighted by Gasteiger charge is -2.13. The topological polar surface area (TPSA) is 54.9 Å². The van der Waals surface area contributed by atoms with E-state index in [1.807, 2.05) is 0 Å². The van der Waals surface area contributed by atoms with Crippen molar-refractivity contribution >= 4 is 5.91 Å². The highest BCUT2D eigenvalue weighted by molar-refractivity contribution is 6.01. The Morgan fingerprint density at radius 3 is 2.15 bits per heavy atom. The molecule has 0 radical (unpaired) electrons. The first-order valence-corrected chi connectivity index (χ1v) is 7.93. The Morgan fingerprint density at radius 2 is 1.52 bits per heavy atom. The number of benzene rings is 2.